The van der Waals surface area contributed by atoms with Crippen molar-refractivity contribution in [2.75, 3.05) is 0 Å². The third kappa shape index (κ3) is 2.37. The first-order chi connectivity index (χ1) is 8.24. The normalized spacial score (nSPS) is 9.94. The van der Waals surface area contributed by atoms with Crippen molar-refractivity contribution in [1.82, 2.24) is 0 Å². The molecule has 0 aliphatic rings. The molecule has 84 valence electrons. The van der Waals surface area contributed by atoms with Gasteiger partial charge in [0.05, 0.1) is 0 Å². The number of aryl methyl sites for hydroxylation is 1. The third-order valence-electron chi connectivity index (χ3n) is 2.80. The molecule has 0 aromatic heterocycles. The van der Waals surface area contributed by atoms with Crippen molar-refractivity contribution in [3.63, 3.8) is 0 Å². The fourth-order valence-corrected chi connectivity index (χ4v) is 1.76. The van der Waals surface area contributed by atoms with Crippen LogP contribution in [0.5, 0.6) is 0 Å². The van der Waals surface area contributed by atoms with Gasteiger partial charge in [-0.05, 0) is 35.7 Å². The van der Waals surface area contributed by atoms with Crippen molar-refractivity contribution in [3.05, 3.63) is 59.4 Å². The largest absolute Gasteiger partial charge is 0.206 e. The fraction of sp³-hybridized carbons (Fsp3) is 0.125. The molecule has 0 heterocycles. The Morgan fingerprint density at radius 1 is 1.12 bits per heavy atom. The highest BCUT2D eigenvalue weighted by Crippen LogP contribution is 2.24. The zero-order chi connectivity index (χ0) is 12.3. The Kier molecular flexibility index (Phi) is 3.25. The smallest absolute Gasteiger partial charge is 0.131 e. The molecule has 0 unspecified atom stereocenters. The Labute approximate surface area is 101 Å². The molecule has 0 saturated carbocycles. The topological polar surface area (TPSA) is 0 Å². The average Bonchev–Trinajstić information content (AvgIpc) is 2.39. The van der Waals surface area contributed by atoms with E-state index in [9.17, 15) is 4.39 Å². The van der Waals surface area contributed by atoms with Gasteiger partial charge in [0.2, 0.25) is 0 Å². The maximum atomic E-state index is 13.9. The number of benzene rings is 2. The van der Waals surface area contributed by atoms with Crippen LogP contribution in [-0.4, -0.2) is 0 Å². The minimum absolute atomic E-state index is 0.183. The second-order valence-electron chi connectivity index (χ2n) is 3.89. The third-order valence-corrected chi connectivity index (χ3v) is 2.80. The predicted molar refractivity (Wildman–Crippen MR) is 69.1 cm³/mol. The lowest BCUT2D eigenvalue weighted by Crippen LogP contribution is -1.88. The lowest BCUT2D eigenvalue weighted by atomic mass is 10.0. The molecule has 0 nitrogen and oxygen atoms in total. The molecule has 0 saturated heterocycles. The van der Waals surface area contributed by atoms with Crippen LogP contribution < -0.4 is 0 Å². The van der Waals surface area contributed by atoms with Gasteiger partial charge in [0.1, 0.15) is 5.82 Å². The summed E-state index contributed by atoms with van der Waals surface area (Å²) >= 11 is 0. The quantitative estimate of drug-likeness (QED) is 0.675. The van der Waals surface area contributed by atoms with Gasteiger partial charge in [-0.2, -0.15) is 0 Å². The van der Waals surface area contributed by atoms with Gasteiger partial charge in [0, 0.05) is 11.1 Å². The molecule has 0 atom stereocenters. The van der Waals surface area contributed by atoms with Crippen molar-refractivity contribution in [2.45, 2.75) is 13.3 Å². The van der Waals surface area contributed by atoms with Crippen LogP contribution in [0, 0.1) is 18.2 Å². The summed E-state index contributed by atoms with van der Waals surface area (Å²) in [5, 5.41) is 0. The maximum Gasteiger partial charge on any atom is 0.131 e. The summed E-state index contributed by atoms with van der Waals surface area (Å²) in [5.41, 5.74) is 3.28. The second kappa shape index (κ2) is 4.84. The van der Waals surface area contributed by atoms with E-state index >= 15 is 0 Å². The van der Waals surface area contributed by atoms with Gasteiger partial charge in [-0.15, -0.1) is 6.42 Å². The molecule has 0 N–H and O–H groups in total. The summed E-state index contributed by atoms with van der Waals surface area (Å²) in [7, 11) is 0. The van der Waals surface area contributed by atoms with Gasteiger partial charge in [0.25, 0.3) is 0 Å². The van der Waals surface area contributed by atoms with Gasteiger partial charge >= 0.3 is 0 Å². The van der Waals surface area contributed by atoms with Gasteiger partial charge in [-0.1, -0.05) is 37.1 Å². The predicted octanol–water partition coefficient (Wildman–Crippen LogP) is 4.04. The van der Waals surface area contributed by atoms with E-state index in [0.717, 1.165) is 23.1 Å². The standard InChI is InChI=1S/C16H13F/c1-3-12-5-8-14(9-6-12)15-10-7-13(4-2)11-16(15)17/h1,5-11H,4H2,2H3. The van der Waals surface area contributed by atoms with Gasteiger partial charge < -0.3 is 0 Å². The van der Waals surface area contributed by atoms with E-state index in [1.165, 1.54) is 0 Å². The summed E-state index contributed by atoms with van der Waals surface area (Å²) < 4.78 is 13.9. The number of halogens is 1. The van der Waals surface area contributed by atoms with Crippen LogP contribution in [0.2, 0.25) is 0 Å². The van der Waals surface area contributed by atoms with Crippen molar-refractivity contribution < 1.29 is 4.39 Å². The van der Waals surface area contributed by atoms with E-state index in [0.29, 0.717) is 5.56 Å². The molecule has 0 radical (unpaired) electrons. The van der Waals surface area contributed by atoms with E-state index in [-0.39, 0.29) is 5.82 Å². The average molecular weight is 224 g/mol. The Morgan fingerprint density at radius 2 is 1.82 bits per heavy atom. The Hall–Kier alpha value is -2.07. The minimum atomic E-state index is -0.183. The molecule has 2 rings (SSSR count). The van der Waals surface area contributed by atoms with Crippen molar-refractivity contribution >= 4 is 0 Å². The first-order valence-corrected chi connectivity index (χ1v) is 5.60. The molecule has 0 fully saturated rings. The Balaban J connectivity index is 2.42. The lowest BCUT2D eigenvalue weighted by molar-refractivity contribution is 0.629. The first kappa shape index (κ1) is 11.4. The van der Waals surface area contributed by atoms with Crippen LogP contribution in [0.25, 0.3) is 11.1 Å². The van der Waals surface area contributed by atoms with E-state index < -0.39 is 0 Å². The van der Waals surface area contributed by atoms with Crippen LogP contribution in [0.1, 0.15) is 18.1 Å². The molecule has 2 aromatic carbocycles. The summed E-state index contributed by atoms with van der Waals surface area (Å²) in [6.45, 7) is 2.01. The summed E-state index contributed by atoms with van der Waals surface area (Å²) in [4.78, 5) is 0. The number of hydrogen-bond donors (Lipinski definition) is 0. The first-order valence-electron chi connectivity index (χ1n) is 5.60. The van der Waals surface area contributed by atoms with Crippen molar-refractivity contribution in [2.24, 2.45) is 0 Å². The molecule has 0 aliphatic heterocycles. The van der Waals surface area contributed by atoms with Crippen LogP contribution in [0.15, 0.2) is 42.5 Å². The Morgan fingerprint density at radius 3 is 2.35 bits per heavy atom. The van der Waals surface area contributed by atoms with Gasteiger partial charge in [0.15, 0.2) is 0 Å². The molecule has 1 heteroatoms. The highest BCUT2D eigenvalue weighted by Gasteiger charge is 2.05. The molecule has 2 aromatic rings. The van der Waals surface area contributed by atoms with Gasteiger partial charge in [-0.3, -0.25) is 0 Å². The Bertz CT molecular complexity index is 559. The lowest BCUT2D eigenvalue weighted by Gasteiger charge is -2.05. The highest BCUT2D eigenvalue weighted by atomic mass is 19.1. The maximum absolute atomic E-state index is 13.9. The van der Waals surface area contributed by atoms with E-state index in [1.807, 2.05) is 43.3 Å². The van der Waals surface area contributed by atoms with Crippen LogP contribution in [0.3, 0.4) is 0 Å². The molecular formula is C16H13F. The molecular weight excluding hydrogens is 211 g/mol. The summed E-state index contributed by atoms with van der Waals surface area (Å²) in [5.74, 6) is 2.36. The van der Waals surface area contributed by atoms with Crippen molar-refractivity contribution in [3.8, 4) is 23.5 Å². The summed E-state index contributed by atoms with van der Waals surface area (Å²) in [6, 6.07) is 12.7. The monoisotopic (exact) mass is 224 g/mol. The number of rotatable bonds is 2. The van der Waals surface area contributed by atoms with E-state index in [4.69, 9.17) is 6.42 Å². The molecule has 0 bridgehead atoms. The van der Waals surface area contributed by atoms with Gasteiger partial charge in [-0.25, -0.2) is 4.39 Å². The SMILES string of the molecule is C#Cc1ccc(-c2ccc(CC)cc2F)cc1. The highest BCUT2D eigenvalue weighted by molar-refractivity contribution is 5.65. The summed E-state index contributed by atoms with van der Waals surface area (Å²) in [6.07, 6.45) is 6.12. The molecule has 0 spiro atoms. The minimum Gasteiger partial charge on any atom is -0.206 e. The fourth-order valence-electron chi connectivity index (χ4n) is 1.76. The molecule has 0 aliphatic carbocycles. The van der Waals surface area contributed by atoms with Crippen molar-refractivity contribution in [1.29, 1.82) is 0 Å². The second-order valence-corrected chi connectivity index (χ2v) is 3.89. The van der Waals surface area contributed by atoms with E-state index in [1.54, 1.807) is 6.07 Å². The van der Waals surface area contributed by atoms with Crippen LogP contribution in [0.4, 0.5) is 4.39 Å². The van der Waals surface area contributed by atoms with Crippen LogP contribution >= 0.6 is 0 Å². The molecule has 0 amide bonds. The number of hydrogen-bond acceptors (Lipinski definition) is 0. The number of terminal acetylenes is 1. The zero-order valence-electron chi connectivity index (χ0n) is 9.70. The molecule has 17 heavy (non-hydrogen) atoms. The van der Waals surface area contributed by atoms with E-state index in [2.05, 4.69) is 5.92 Å². The van der Waals surface area contributed by atoms with Crippen LogP contribution in [-0.2, 0) is 6.42 Å². The zero-order valence-corrected chi connectivity index (χ0v) is 9.70.